The van der Waals surface area contributed by atoms with Crippen molar-refractivity contribution in [2.24, 2.45) is 0 Å². The molecule has 6 heteroatoms. The fourth-order valence-corrected chi connectivity index (χ4v) is 2.22. The molecule has 1 N–H and O–H groups in total. The maximum atomic E-state index is 10.8. The Kier molecular flexibility index (Phi) is 7.71. The molecule has 0 atom stereocenters. The second-order valence-corrected chi connectivity index (χ2v) is 4.86. The van der Waals surface area contributed by atoms with E-state index in [-0.39, 0.29) is 10.6 Å². The van der Waals surface area contributed by atoms with Crippen LogP contribution in [-0.4, -0.2) is 43.1 Å². The monoisotopic (exact) mass is 295 g/mol. The lowest BCUT2D eigenvalue weighted by molar-refractivity contribution is -0.384. The van der Waals surface area contributed by atoms with Gasteiger partial charge >= 0.3 is 0 Å². The average Bonchev–Trinajstić information content (AvgIpc) is 2.49. The van der Waals surface area contributed by atoms with Crippen LogP contribution in [-0.2, 0) is 6.54 Å². The molecule has 21 heavy (non-hydrogen) atoms. The van der Waals surface area contributed by atoms with Crippen molar-refractivity contribution in [1.29, 1.82) is 0 Å². The van der Waals surface area contributed by atoms with E-state index < -0.39 is 0 Å². The van der Waals surface area contributed by atoms with E-state index in [4.69, 9.17) is 4.74 Å². The molecule has 1 rings (SSSR count). The Labute approximate surface area is 126 Å². The summed E-state index contributed by atoms with van der Waals surface area (Å²) >= 11 is 0. The van der Waals surface area contributed by atoms with E-state index in [0.29, 0.717) is 12.3 Å². The third-order valence-corrected chi connectivity index (χ3v) is 3.38. The lowest BCUT2D eigenvalue weighted by Gasteiger charge is -2.19. The molecule has 0 bridgehead atoms. The fraction of sp³-hybridized carbons (Fsp3) is 0.600. The van der Waals surface area contributed by atoms with E-state index in [1.165, 1.54) is 6.07 Å². The van der Waals surface area contributed by atoms with Crippen LogP contribution in [0.2, 0.25) is 0 Å². The van der Waals surface area contributed by atoms with Crippen molar-refractivity contribution in [3.05, 3.63) is 33.9 Å². The normalized spacial score (nSPS) is 10.9. The smallest absolute Gasteiger partial charge is 0.270 e. The molecule has 0 aliphatic rings. The average molecular weight is 295 g/mol. The number of ether oxygens (including phenoxy) is 1. The quantitative estimate of drug-likeness (QED) is 0.408. The van der Waals surface area contributed by atoms with Gasteiger partial charge in [0.15, 0.2) is 0 Å². The van der Waals surface area contributed by atoms with E-state index in [0.717, 1.165) is 38.2 Å². The van der Waals surface area contributed by atoms with Gasteiger partial charge in [-0.15, -0.1) is 0 Å². The Morgan fingerprint density at radius 2 is 2.10 bits per heavy atom. The van der Waals surface area contributed by atoms with Gasteiger partial charge in [0.05, 0.1) is 12.0 Å². The van der Waals surface area contributed by atoms with Gasteiger partial charge in [0.2, 0.25) is 0 Å². The number of benzene rings is 1. The van der Waals surface area contributed by atoms with Crippen LogP contribution in [0.15, 0.2) is 18.2 Å². The zero-order chi connectivity index (χ0) is 15.7. The van der Waals surface area contributed by atoms with Gasteiger partial charge in [-0.3, -0.25) is 10.1 Å². The number of nitro benzene ring substituents is 1. The van der Waals surface area contributed by atoms with Crippen LogP contribution in [0.4, 0.5) is 5.69 Å². The molecule has 0 radical (unpaired) electrons. The molecule has 0 saturated carbocycles. The van der Waals surface area contributed by atoms with E-state index in [2.05, 4.69) is 24.1 Å². The molecular weight excluding hydrogens is 270 g/mol. The predicted octanol–water partition coefficient (Wildman–Crippen LogP) is 2.42. The SMILES string of the molecule is CCCN(CC)CCNCc1cc([N+](=O)[O-])ccc1OC. The van der Waals surface area contributed by atoms with Gasteiger partial charge < -0.3 is 15.0 Å². The summed E-state index contributed by atoms with van der Waals surface area (Å²) in [5.74, 6) is 0.675. The molecule has 1 aromatic carbocycles. The van der Waals surface area contributed by atoms with Crippen molar-refractivity contribution in [2.75, 3.05) is 33.3 Å². The van der Waals surface area contributed by atoms with Gasteiger partial charge in [-0.05, 0) is 25.6 Å². The maximum absolute atomic E-state index is 10.8. The Balaban J connectivity index is 2.53. The number of nitrogens with one attached hydrogen (secondary N) is 1. The van der Waals surface area contributed by atoms with Gasteiger partial charge in [0.25, 0.3) is 5.69 Å². The van der Waals surface area contributed by atoms with Crippen LogP contribution >= 0.6 is 0 Å². The van der Waals surface area contributed by atoms with Gasteiger partial charge in [-0.25, -0.2) is 0 Å². The summed E-state index contributed by atoms with van der Waals surface area (Å²) < 4.78 is 5.24. The molecule has 0 fully saturated rings. The summed E-state index contributed by atoms with van der Waals surface area (Å²) in [6, 6.07) is 4.67. The first kappa shape index (κ1) is 17.4. The van der Waals surface area contributed by atoms with Gasteiger partial charge in [0, 0.05) is 37.3 Å². The second kappa shape index (κ2) is 9.31. The Morgan fingerprint density at radius 3 is 2.67 bits per heavy atom. The lowest BCUT2D eigenvalue weighted by Crippen LogP contribution is -2.32. The van der Waals surface area contributed by atoms with E-state index in [9.17, 15) is 10.1 Å². The number of hydrogen-bond donors (Lipinski definition) is 1. The predicted molar refractivity (Wildman–Crippen MR) is 83.8 cm³/mol. The van der Waals surface area contributed by atoms with Gasteiger partial charge in [-0.1, -0.05) is 13.8 Å². The van der Waals surface area contributed by atoms with Crippen LogP contribution < -0.4 is 10.1 Å². The van der Waals surface area contributed by atoms with E-state index >= 15 is 0 Å². The first-order valence-corrected chi connectivity index (χ1v) is 7.36. The summed E-state index contributed by atoms with van der Waals surface area (Å²) in [5, 5.41) is 14.1. The molecule has 0 saturated heterocycles. The number of hydrogen-bond acceptors (Lipinski definition) is 5. The molecular formula is C15H25N3O3. The van der Waals surface area contributed by atoms with Crippen molar-refractivity contribution in [2.45, 2.75) is 26.8 Å². The highest BCUT2D eigenvalue weighted by Crippen LogP contribution is 2.23. The molecule has 0 spiro atoms. The summed E-state index contributed by atoms with van der Waals surface area (Å²) in [5.41, 5.74) is 0.902. The summed E-state index contributed by atoms with van der Waals surface area (Å²) in [7, 11) is 1.57. The van der Waals surface area contributed by atoms with Crippen LogP contribution in [0.25, 0.3) is 0 Å². The minimum atomic E-state index is -0.386. The summed E-state index contributed by atoms with van der Waals surface area (Å²) in [6.07, 6.45) is 1.15. The molecule has 0 heterocycles. The zero-order valence-electron chi connectivity index (χ0n) is 13.1. The number of likely N-dealkylation sites (N-methyl/N-ethyl adjacent to an activating group) is 1. The maximum Gasteiger partial charge on any atom is 0.270 e. The minimum absolute atomic E-state index is 0.0915. The summed E-state index contributed by atoms with van der Waals surface area (Å²) in [4.78, 5) is 12.8. The largest absolute Gasteiger partial charge is 0.496 e. The first-order chi connectivity index (χ1) is 10.1. The fourth-order valence-electron chi connectivity index (χ4n) is 2.22. The highest BCUT2D eigenvalue weighted by atomic mass is 16.6. The minimum Gasteiger partial charge on any atom is -0.496 e. The van der Waals surface area contributed by atoms with Crippen molar-refractivity contribution in [3.63, 3.8) is 0 Å². The third kappa shape index (κ3) is 5.69. The second-order valence-electron chi connectivity index (χ2n) is 4.86. The highest BCUT2D eigenvalue weighted by molar-refractivity contribution is 5.43. The van der Waals surface area contributed by atoms with Crippen molar-refractivity contribution in [3.8, 4) is 5.75 Å². The topological polar surface area (TPSA) is 67.6 Å². The van der Waals surface area contributed by atoms with Crippen LogP contribution in [0.5, 0.6) is 5.75 Å². The Bertz CT molecular complexity index is 452. The number of non-ortho nitro benzene ring substituents is 1. The standard InChI is InChI=1S/C15H25N3O3/c1-4-9-17(5-2)10-8-16-12-13-11-14(18(19)20)6-7-15(13)21-3/h6-7,11,16H,4-5,8-10,12H2,1-3H3. The molecule has 118 valence electrons. The van der Waals surface area contributed by atoms with E-state index in [1.54, 1.807) is 19.2 Å². The number of nitro groups is 1. The molecule has 0 amide bonds. The molecule has 0 aliphatic carbocycles. The van der Waals surface area contributed by atoms with Crippen LogP contribution in [0.1, 0.15) is 25.8 Å². The molecule has 6 nitrogen and oxygen atoms in total. The van der Waals surface area contributed by atoms with Crippen molar-refractivity contribution < 1.29 is 9.66 Å². The van der Waals surface area contributed by atoms with E-state index in [1.807, 2.05) is 0 Å². The Hall–Kier alpha value is -1.66. The molecule has 0 aliphatic heterocycles. The Morgan fingerprint density at radius 1 is 1.33 bits per heavy atom. The van der Waals surface area contributed by atoms with Gasteiger partial charge in [0.1, 0.15) is 5.75 Å². The van der Waals surface area contributed by atoms with Crippen LogP contribution in [0, 0.1) is 10.1 Å². The third-order valence-electron chi connectivity index (χ3n) is 3.38. The van der Waals surface area contributed by atoms with Crippen molar-refractivity contribution >= 4 is 5.69 Å². The van der Waals surface area contributed by atoms with Crippen LogP contribution in [0.3, 0.4) is 0 Å². The summed E-state index contributed by atoms with van der Waals surface area (Å²) in [6.45, 7) is 8.84. The number of methoxy groups -OCH3 is 1. The molecule has 0 aromatic heterocycles. The van der Waals surface area contributed by atoms with Crippen molar-refractivity contribution in [1.82, 2.24) is 10.2 Å². The molecule has 0 unspecified atom stereocenters. The number of nitrogens with zero attached hydrogens (tertiary/aromatic N) is 2. The first-order valence-electron chi connectivity index (χ1n) is 7.36. The zero-order valence-corrected chi connectivity index (χ0v) is 13.1. The lowest BCUT2D eigenvalue weighted by atomic mass is 10.1. The molecule has 1 aromatic rings. The highest BCUT2D eigenvalue weighted by Gasteiger charge is 2.11. The van der Waals surface area contributed by atoms with Gasteiger partial charge in [-0.2, -0.15) is 0 Å². The number of rotatable bonds is 10.